The van der Waals surface area contributed by atoms with E-state index in [-0.39, 0.29) is 0 Å². The van der Waals surface area contributed by atoms with E-state index < -0.39 is 0 Å². The second kappa shape index (κ2) is 4.78. The van der Waals surface area contributed by atoms with E-state index in [2.05, 4.69) is 6.58 Å². The standard InChI is InChI=1S/C11H11Cl/c1-10(9-12)7-8-11-5-3-2-4-6-11/h2-8H,1,9H2. The molecule has 1 heteroatoms. The van der Waals surface area contributed by atoms with Crippen molar-refractivity contribution in [2.45, 2.75) is 0 Å². The number of halogens is 1. The van der Waals surface area contributed by atoms with E-state index in [0.29, 0.717) is 5.88 Å². The van der Waals surface area contributed by atoms with Crippen LogP contribution in [0.5, 0.6) is 0 Å². The molecule has 62 valence electrons. The Balaban J connectivity index is 2.64. The van der Waals surface area contributed by atoms with Crippen molar-refractivity contribution in [1.82, 2.24) is 0 Å². The van der Waals surface area contributed by atoms with Crippen LogP contribution in [0, 0.1) is 0 Å². The molecule has 0 aliphatic carbocycles. The zero-order chi connectivity index (χ0) is 8.81. The molecule has 0 spiro atoms. The van der Waals surface area contributed by atoms with Crippen molar-refractivity contribution in [3.8, 4) is 0 Å². The van der Waals surface area contributed by atoms with E-state index in [9.17, 15) is 0 Å². The van der Waals surface area contributed by atoms with E-state index in [1.165, 1.54) is 5.56 Å². The molecule has 1 rings (SSSR count). The van der Waals surface area contributed by atoms with E-state index in [1.807, 2.05) is 42.5 Å². The topological polar surface area (TPSA) is 0 Å². The number of allylic oxidation sites excluding steroid dienone is 2. The molecule has 0 N–H and O–H groups in total. The van der Waals surface area contributed by atoms with Gasteiger partial charge in [-0.3, -0.25) is 0 Å². The highest BCUT2D eigenvalue weighted by atomic mass is 35.5. The molecule has 0 amide bonds. The summed E-state index contributed by atoms with van der Waals surface area (Å²) in [6.07, 6.45) is 3.94. The van der Waals surface area contributed by atoms with Gasteiger partial charge in [0.25, 0.3) is 0 Å². The molecule has 0 saturated carbocycles. The summed E-state index contributed by atoms with van der Waals surface area (Å²) >= 11 is 5.57. The quantitative estimate of drug-likeness (QED) is 0.491. The van der Waals surface area contributed by atoms with Crippen LogP contribution in [0.1, 0.15) is 5.56 Å². The van der Waals surface area contributed by atoms with Crippen LogP contribution in [-0.4, -0.2) is 5.88 Å². The van der Waals surface area contributed by atoms with Crippen molar-refractivity contribution in [3.05, 3.63) is 54.1 Å². The van der Waals surface area contributed by atoms with Gasteiger partial charge in [-0.1, -0.05) is 49.1 Å². The van der Waals surface area contributed by atoms with Crippen LogP contribution in [0.15, 0.2) is 48.6 Å². The summed E-state index contributed by atoms with van der Waals surface area (Å²) in [4.78, 5) is 0. The first-order chi connectivity index (χ1) is 5.83. The van der Waals surface area contributed by atoms with Gasteiger partial charge in [0.2, 0.25) is 0 Å². The van der Waals surface area contributed by atoms with Crippen LogP contribution < -0.4 is 0 Å². The highest BCUT2D eigenvalue weighted by Gasteiger charge is 1.84. The number of hydrogen-bond acceptors (Lipinski definition) is 0. The lowest BCUT2D eigenvalue weighted by molar-refractivity contribution is 1.57. The number of alkyl halides is 1. The average molecular weight is 179 g/mol. The van der Waals surface area contributed by atoms with Gasteiger partial charge in [-0.15, -0.1) is 11.6 Å². The normalized spacial score (nSPS) is 10.4. The number of rotatable bonds is 3. The predicted molar refractivity (Wildman–Crippen MR) is 55.3 cm³/mol. The Labute approximate surface area is 78.2 Å². The molecule has 0 heterocycles. The Morgan fingerprint density at radius 1 is 1.33 bits per heavy atom. The van der Waals surface area contributed by atoms with Crippen LogP contribution >= 0.6 is 11.6 Å². The summed E-state index contributed by atoms with van der Waals surface area (Å²) in [5, 5.41) is 0. The van der Waals surface area contributed by atoms with Gasteiger partial charge in [0.1, 0.15) is 0 Å². The molecule has 1 aromatic rings. The lowest BCUT2D eigenvalue weighted by Crippen LogP contribution is -1.74. The summed E-state index contributed by atoms with van der Waals surface area (Å²) in [6, 6.07) is 10.1. The van der Waals surface area contributed by atoms with Crippen LogP contribution in [0.25, 0.3) is 6.08 Å². The lowest BCUT2D eigenvalue weighted by atomic mass is 10.2. The van der Waals surface area contributed by atoms with Gasteiger partial charge in [-0.25, -0.2) is 0 Å². The van der Waals surface area contributed by atoms with E-state index >= 15 is 0 Å². The summed E-state index contributed by atoms with van der Waals surface area (Å²) < 4.78 is 0. The van der Waals surface area contributed by atoms with Crippen molar-refractivity contribution in [1.29, 1.82) is 0 Å². The van der Waals surface area contributed by atoms with Crippen LogP contribution in [0.4, 0.5) is 0 Å². The minimum absolute atomic E-state index is 0.489. The van der Waals surface area contributed by atoms with Gasteiger partial charge < -0.3 is 0 Å². The molecular formula is C11H11Cl. The van der Waals surface area contributed by atoms with Gasteiger partial charge >= 0.3 is 0 Å². The van der Waals surface area contributed by atoms with Crippen molar-refractivity contribution < 1.29 is 0 Å². The largest absolute Gasteiger partial charge is 0.122 e. The Bertz CT molecular complexity index is 272. The molecule has 0 nitrogen and oxygen atoms in total. The minimum atomic E-state index is 0.489. The molecule has 0 aliphatic heterocycles. The van der Waals surface area contributed by atoms with Gasteiger partial charge in [0.15, 0.2) is 0 Å². The van der Waals surface area contributed by atoms with Crippen LogP contribution in [-0.2, 0) is 0 Å². The fourth-order valence-electron chi connectivity index (χ4n) is 0.823. The molecule has 0 fully saturated rings. The Kier molecular flexibility index (Phi) is 3.62. The maximum Gasteiger partial charge on any atom is 0.0468 e. The molecule has 0 saturated heterocycles. The summed E-state index contributed by atoms with van der Waals surface area (Å²) in [6.45, 7) is 3.77. The second-order valence-corrected chi connectivity index (χ2v) is 2.80. The molecule has 0 unspecified atom stereocenters. The number of benzene rings is 1. The van der Waals surface area contributed by atoms with Gasteiger partial charge in [0, 0.05) is 5.88 Å². The van der Waals surface area contributed by atoms with Gasteiger partial charge in [-0.05, 0) is 11.1 Å². The van der Waals surface area contributed by atoms with Gasteiger partial charge in [0.05, 0.1) is 0 Å². The highest BCUT2D eigenvalue weighted by Crippen LogP contribution is 2.04. The summed E-state index contributed by atoms with van der Waals surface area (Å²) in [5.41, 5.74) is 2.10. The minimum Gasteiger partial charge on any atom is -0.122 e. The molecule has 12 heavy (non-hydrogen) atoms. The molecular weight excluding hydrogens is 168 g/mol. The first-order valence-electron chi connectivity index (χ1n) is 3.80. The van der Waals surface area contributed by atoms with Crippen molar-refractivity contribution in [3.63, 3.8) is 0 Å². The smallest absolute Gasteiger partial charge is 0.0468 e. The fourth-order valence-corrected chi connectivity index (χ4v) is 0.912. The van der Waals surface area contributed by atoms with E-state index in [0.717, 1.165) is 5.57 Å². The van der Waals surface area contributed by atoms with Crippen molar-refractivity contribution >= 4 is 17.7 Å². The molecule has 0 atom stereocenters. The first kappa shape index (κ1) is 9.08. The average Bonchev–Trinajstić information content (AvgIpc) is 2.16. The zero-order valence-electron chi connectivity index (χ0n) is 6.83. The molecule has 0 aromatic heterocycles. The van der Waals surface area contributed by atoms with Crippen molar-refractivity contribution in [2.24, 2.45) is 0 Å². The first-order valence-corrected chi connectivity index (χ1v) is 4.33. The van der Waals surface area contributed by atoms with E-state index in [4.69, 9.17) is 11.6 Å². The molecule has 0 bridgehead atoms. The third-order valence-electron chi connectivity index (χ3n) is 1.48. The molecule has 0 aliphatic rings. The van der Waals surface area contributed by atoms with Crippen molar-refractivity contribution in [2.75, 3.05) is 5.88 Å². The summed E-state index contributed by atoms with van der Waals surface area (Å²) in [7, 11) is 0. The van der Waals surface area contributed by atoms with Crippen LogP contribution in [0.3, 0.4) is 0 Å². The van der Waals surface area contributed by atoms with E-state index in [1.54, 1.807) is 0 Å². The molecule has 1 aromatic carbocycles. The fraction of sp³-hybridized carbons (Fsp3) is 0.0909. The second-order valence-electron chi connectivity index (χ2n) is 2.54. The maximum absolute atomic E-state index is 5.57. The maximum atomic E-state index is 5.57. The predicted octanol–water partition coefficient (Wildman–Crippen LogP) is 3.49. The monoisotopic (exact) mass is 178 g/mol. The lowest BCUT2D eigenvalue weighted by Gasteiger charge is -1.92. The Morgan fingerprint density at radius 2 is 2.00 bits per heavy atom. The van der Waals surface area contributed by atoms with Crippen LogP contribution in [0.2, 0.25) is 0 Å². The van der Waals surface area contributed by atoms with Gasteiger partial charge in [-0.2, -0.15) is 0 Å². The SMILES string of the molecule is C=C(C=Cc1ccccc1)CCl. The molecule has 0 radical (unpaired) electrons. The Hall–Kier alpha value is -1.01. The third-order valence-corrected chi connectivity index (χ3v) is 1.83. The Morgan fingerprint density at radius 3 is 2.58 bits per heavy atom. The number of hydrogen-bond donors (Lipinski definition) is 0. The third kappa shape index (κ3) is 2.93. The zero-order valence-corrected chi connectivity index (χ0v) is 7.59. The summed E-state index contributed by atoms with van der Waals surface area (Å²) in [5.74, 6) is 0.489. The highest BCUT2D eigenvalue weighted by molar-refractivity contribution is 6.19.